The molecule has 0 saturated heterocycles. The van der Waals surface area contributed by atoms with Gasteiger partial charge in [-0.05, 0) is 25.5 Å². The van der Waals surface area contributed by atoms with Crippen molar-refractivity contribution in [3.05, 3.63) is 36.2 Å². The van der Waals surface area contributed by atoms with Crippen molar-refractivity contribution in [1.82, 2.24) is 4.90 Å². The molecule has 0 radical (unpaired) electrons. The highest BCUT2D eigenvalue weighted by Crippen LogP contribution is 2.11. The van der Waals surface area contributed by atoms with Crippen LogP contribution in [0.4, 0.5) is 0 Å². The normalized spacial score (nSPS) is 17.2. The third-order valence-electron chi connectivity index (χ3n) is 1.74. The van der Waals surface area contributed by atoms with Gasteiger partial charge in [0.25, 0.3) is 0 Å². The molecule has 0 fully saturated rings. The number of nitrogens with zero attached hydrogens (tertiary/aromatic N) is 1. The largest absolute Gasteiger partial charge is 0.348 e. The molecule has 0 aromatic carbocycles. The summed E-state index contributed by atoms with van der Waals surface area (Å²) in [6.45, 7) is 9.38. The summed E-state index contributed by atoms with van der Waals surface area (Å²) in [6.07, 6.45) is 11.7. The van der Waals surface area contributed by atoms with Crippen LogP contribution in [0.3, 0.4) is 0 Å². The van der Waals surface area contributed by atoms with E-state index in [-0.39, 0.29) is 0 Å². The summed E-state index contributed by atoms with van der Waals surface area (Å²) in [5.74, 6) is 0. The summed E-state index contributed by atoms with van der Waals surface area (Å²) in [5, 5.41) is 0. The molecule has 0 amide bonds. The highest BCUT2D eigenvalue weighted by atomic mass is 15.1. The molecule has 0 aromatic rings. The maximum atomic E-state index is 2.26. The van der Waals surface area contributed by atoms with E-state index < -0.39 is 0 Å². The molecule has 1 aliphatic rings. The Morgan fingerprint density at radius 3 is 2.54 bits per heavy atom. The minimum Gasteiger partial charge on any atom is -0.348 e. The van der Waals surface area contributed by atoms with Crippen LogP contribution in [0.5, 0.6) is 0 Å². The summed E-state index contributed by atoms with van der Waals surface area (Å²) in [7, 11) is 0. The molecule has 0 bridgehead atoms. The minimum absolute atomic E-state index is 1.11. The van der Waals surface area contributed by atoms with Crippen molar-refractivity contribution < 1.29 is 0 Å². The quantitative estimate of drug-likeness (QED) is 0.624. The Morgan fingerprint density at radius 1 is 1.31 bits per heavy atom. The molecule has 0 spiro atoms. The van der Waals surface area contributed by atoms with Gasteiger partial charge >= 0.3 is 0 Å². The molecular weight excluding hydrogens is 158 g/mol. The molecule has 0 atom stereocenters. The summed E-state index contributed by atoms with van der Waals surface area (Å²) in [4.78, 5) is 2.26. The second-order valence-electron chi connectivity index (χ2n) is 2.61. The van der Waals surface area contributed by atoms with Crippen molar-refractivity contribution in [2.45, 2.75) is 34.1 Å². The van der Waals surface area contributed by atoms with E-state index in [0.717, 1.165) is 6.54 Å². The van der Waals surface area contributed by atoms with Crippen molar-refractivity contribution in [3.63, 3.8) is 0 Å². The van der Waals surface area contributed by atoms with Gasteiger partial charge in [-0.1, -0.05) is 32.9 Å². The molecule has 1 heterocycles. The van der Waals surface area contributed by atoms with Crippen molar-refractivity contribution in [1.29, 1.82) is 0 Å². The first-order chi connectivity index (χ1) is 6.38. The number of hydrogen-bond donors (Lipinski definition) is 0. The fraction of sp³-hybridized carbons (Fsp3) is 0.500. The summed E-state index contributed by atoms with van der Waals surface area (Å²) < 4.78 is 0. The van der Waals surface area contributed by atoms with E-state index in [1.807, 2.05) is 13.8 Å². The predicted octanol–water partition coefficient (Wildman–Crippen LogP) is 3.71. The van der Waals surface area contributed by atoms with E-state index in [1.165, 1.54) is 12.1 Å². The Labute approximate surface area is 82.4 Å². The van der Waals surface area contributed by atoms with Crippen LogP contribution < -0.4 is 0 Å². The van der Waals surface area contributed by atoms with Crippen LogP contribution in [-0.4, -0.2) is 11.4 Å². The topological polar surface area (TPSA) is 3.24 Å². The Morgan fingerprint density at radius 2 is 2.00 bits per heavy atom. The van der Waals surface area contributed by atoms with Crippen LogP contribution in [0.25, 0.3) is 0 Å². The summed E-state index contributed by atoms with van der Waals surface area (Å²) in [5.41, 5.74) is 1.30. The number of hydrogen-bond acceptors (Lipinski definition) is 1. The van der Waals surface area contributed by atoms with Crippen LogP contribution >= 0.6 is 0 Å². The molecule has 0 N–H and O–H groups in total. The van der Waals surface area contributed by atoms with E-state index in [1.54, 1.807) is 0 Å². The lowest BCUT2D eigenvalue weighted by atomic mass is 10.2. The molecule has 1 nitrogen and oxygen atoms in total. The minimum atomic E-state index is 1.11. The lowest BCUT2D eigenvalue weighted by molar-refractivity contribution is 0.471. The van der Waals surface area contributed by atoms with Crippen LogP contribution in [0.2, 0.25) is 0 Å². The van der Waals surface area contributed by atoms with Crippen LogP contribution in [0, 0.1) is 0 Å². The molecular formula is C12H21N. The zero-order chi connectivity index (χ0) is 10.1. The first kappa shape index (κ1) is 12.0. The molecule has 0 aliphatic carbocycles. The Balaban J connectivity index is 0.000000671. The molecule has 0 unspecified atom stereocenters. The van der Waals surface area contributed by atoms with E-state index in [2.05, 4.69) is 49.3 Å². The Hall–Kier alpha value is -0.980. The molecule has 0 saturated carbocycles. The van der Waals surface area contributed by atoms with Crippen LogP contribution in [0.1, 0.15) is 34.1 Å². The van der Waals surface area contributed by atoms with Crippen LogP contribution in [0.15, 0.2) is 36.2 Å². The van der Waals surface area contributed by atoms with Gasteiger partial charge < -0.3 is 4.90 Å². The third kappa shape index (κ3) is 3.97. The van der Waals surface area contributed by atoms with Crippen molar-refractivity contribution >= 4 is 0 Å². The highest BCUT2D eigenvalue weighted by molar-refractivity contribution is 5.27. The van der Waals surface area contributed by atoms with Gasteiger partial charge in [0.1, 0.15) is 0 Å². The van der Waals surface area contributed by atoms with E-state index in [0.29, 0.717) is 0 Å². The zero-order valence-corrected chi connectivity index (χ0v) is 9.25. The Bertz CT molecular complexity index is 199. The molecule has 1 rings (SSSR count). The average molecular weight is 179 g/mol. The fourth-order valence-electron chi connectivity index (χ4n) is 1.20. The maximum absolute atomic E-state index is 2.26. The molecule has 0 aromatic heterocycles. The van der Waals surface area contributed by atoms with Crippen molar-refractivity contribution in [3.8, 4) is 0 Å². The highest BCUT2D eigenvalue weighted by Gasteiger charge is 2.02. The average Bonchev–Trinajstić information content (AvgIpc) is 2.22. The number of rotatable bonds is 2. The van der Waals surface area contributed by atoms with E-state index >= 15 is 0 Å². The van der Waals surface area contributed by atoms with Gasteiger partial charge in [0.2, 0.25) is 0 Å². The smallest absolute Gasteiger partial charge is 0.0362 e. The van der Waals surface area contributed by atoms with Crippen LogP contribution in [-0.2, 0) is 0 Å². The van der Waals surface area contributed by atoms with Gasteiger partial charge in [-0.15, -0.1) is 0 Å². The molecule has 74 valence electrons. The van der Waals surface area contributed by atoms with Crippen molar-refractivity contribution in [2.75, 3.05) is 6.54 Å². The van der Waals surface area contributed by atoms with Gasteiger partial charge in [0.15, 0.2) is 0 Å². The van der Waals surface area contributed by atoms with E-state index in [4.69, 9.17) is 0 Å². The summed E-state index contributed by atoms with van der Waals surface area (Å²) >= 11 is 0. The first-order valence-corrected chi connectivity index (χ1v) is 5.16. The monoisotopic (exact) mass is 179 g/mol. The van der Waals surface area contributed by atoms with E-state index in [9.17, 15) is 0 Å². The lowest BCUT2D eigenvalue weighted by Crippen LogP contribution is -2.17. The Kier molecular flexibility index (Phi) is 7.08. The van der Waals surface area contributed by atoms with Crippen molar-refractivity contribution in [2.24, 2.45) is 0 Å². The second kappa shape index (κ2) is 7.66. The van der Waals surface area contributed by atoms with Gasteiger partial charge in [-0.3, -0.25) is 0 Å². The van der Waals surface area contributed by atoms with Gasteiger partial charge in [-0.25, -0.2) is 0 Å². The molecule has 13 heavy (non-hydrogen) atoms. The molecule has 1 aliphatic heterocycles. The lowest BCUT2D eigenvalue weighted by Gasteiger charge is -2.22. The maximum Gasteiger partial charge on any atom is 0.0362 e. The van der Waals surface area contributed by atoms with Gasteiger partial charge in [0, 0.05) is 18.4 Å². The standard InChI is InChI=1S/C10H15N.C2H6/c1-3-8-11-9-6-5-7-10(11)4-2;1-2/h4-7,9H,3,8H2,1-2H3;1-2H3/b10-4-;. The summed E-state index contributed by atoms with van der Waals surface area (Å²) in [6, 6.07) is 0. The first-order valence-electron chi connectivity index (χ1n) is 5.16. The third-order valence-corrected chi connectivity index (χ3v) is 1.74. The SMILES string of the molecule is C/C=C1/C=CC=CN1CCC.CC. The predicted molar refractivity (Wildman–Crippen MR) is 60.4 cm³/mol. The van der Waals surface area contributed by atoms with Gasteiger partial charge in [0.05, 0.1) is 0 Å². The number of allylic oxidation sites excluding steroid dienone is 4. The molecule has 1 heteroatoms. The fourth-order valence-corrected chi connectivity index (χ4v) is 1.20. The zero-order valence-electron chi connectivity index (χ0n) is 9.25. The van der Waals surface area contributed by atoms with Gasteiger partial charge in [-0.2, -0.15) is 0 Å². The second-order valence-corrected chi connectivity index (χ2v) is 2.61.